The Kier molecular flexibility index (Phi) is 4.91. The number of nitrogens with one attached hydrogen (secondary N) is 3. The quantitative estimate of drug-likeness (QED) is 0.762. The monoisotopic (exact) mass is 379 g/mol. The highest BCUT2D eigenvalue weighted by Gasteiger charge is 2.45. The summed E-state index contributed by atoms with van der Waals surface area (Å²) in [5, 5.41) is 6.86. The van der Waals surface area contributed by atoms with Crippen LogP contribution in [-0.4, -0.2) is 59.0 Å². The summed E-state index contributed by atoms with van der Waals surface area (Å²) in [6, 6.07) is 11.0. The second-order valence-corrected chi connectivity index (χ2v) is 8.48. The molecule has 1 aromatic heterocycles. The van der Waals surface area contributed by atoms with Crippen molar-refractivity contribution in [3.05, 3.63) is 42.4 Å². The fourth-order valence-electron chi connectivity index (χ4n) is 5.62. The van der Waals surface area contributed by atoms with Gasteiger partial charge in [-0.15, -0.1) is 0 Å². The van der Waals surface area contributed by atoms with Gasteiger partial charge in [0.05, 0.1) is 6.33 Å². The summed E-state index contributed by atoms with van der Waals surface area (Å²) in [6.07, 6.45) is 6.84. The first-order valence-electron chi connectivity index (χ1n) is 10.6. The largest absolute Gasteiger partial charge is 0.349 e. The molecule has 1 aromatic carbocycles. The fourth-order valence-corrected chi connectivity index (χ4v) is 5.62. The SMILES string of the molecule is O=C(NC[C@H]1[C@@H]2CNC[C@@H](C2)[C@@H]2CCCCN21)c1[nH]cnc1-c1ccccc1. The van der Waals surface area contributed by atoms with Gasteiger partial charge in [0, 0.05) is 24.2 Å². The maximum atomic E-state index is 13.0. The fraction of sp³-hybridized carbons (Fsp3) is 0.545. The number of rotatable bonds is 4. The molecule has 3 saturated heterocycles. The number of piperidine rings is 3. The molecule has 4 atom stereocenters. The summed E-state index contributed by atoms with van der Waals surface area (Å²) in [7, 11) is 0. The third-order valence-electron chi connectivity index (χ3n) is 6.91. The summed E-state index contributed by atoms with van der Waals surface area (Å²) < 4.78 is 0. The van der Waals surface area contributed by atoms with Crippen molar-refractivity contribution in [3.63, 3.8) is 0 Å². The van der Waals surface area contributed by atoms with E-state index in [1.807, 2.05) is 30.3 Å². The van der Waals surface area contributed by atoms with Crippen molar-refractivity contribution in [3.8, 4) is 11.3 Å². The van der Waals surface area contributed by atoms with E-state index in [2.05, 4.69) is 25.5 Å². The Balaban J connectivity index is 1.31. The van der Waals surface area contributed by atoms with Crippen LogP contribution in [0.5, 0.6) is 0 Å². The van der Waals surface area contributed by atoms with Gasteiger partial charge in [-0.1, -0.05) is 36.8 Å². The number of nitrogens with zero attached hydrogens (tertiary/aromatic N) is 2. The lowest BCUT2D eigenvalue weighted by molar-refractivity contribution is -0.0371. The standard InChI is InChI=1S/C22H29N5O/c28-22(21-20(25-14-26-21)15-6-2-1-3-7-15)24-13-19-17-10-16(11-23-12-17)18-8-4-5-9-27(18)19/h1-3,6-7,14,16-19,23H,4-5,8-13H2,(H,24,28)(H,25,26)/t16-,17+,18+,19+/m1/s1. The van der Waals surface area contributed by atoms with Gasteiger partial charge in [-0.2, -0.15) is 0 Å². The van der Waals surface area contributed by atoms with Crippen LogP contribution in [0.1, 0.15) is 36.2 Å². The number of amides is 1. The molecule has 0 spiro atoms. The highest BCUT2D eigenvalue weighted by atomic mass is 16.1. The average molecular weight is 380 g/mol. The maximum Gasteiger partial charge on any atom is 0.270 e. The van der Waals surface area contributed by atoms with Crippen molar-refractivity contribution < 1.29 is 4.79 Å². The summed E-state index contributed by atoms with van der Waals surface area (Å²) in [5.41, 5.74) is 2.23. The van der Waals surface area contributed by atoms with E-state index in [9.17, 15) is 4.79 Å². The zero-order chi connectivity index (χ0) is 18.9. The molecule has 3 fully saturated rings. The van der Waals surface area contributed by atoms with Gasteiger partial charge < -0.3 is 15.6 Å². The molecular formula is C22H29N5O. The van der Waals surface area contributed by atoms with Gasteiger partial charge in [0.15, 0.2) is 0 Å². The molecule has 6 nitrogen and oxygen atoms in total. The average Bonchev–Trinajstić information content (AvgIpc) is 3.24. The van der Waals surface area contributed by atoms with Crippen LogP contribution in [0.2, 0.25) is 0 Å². The number of benzene rings is 1. The zero-order valence-corrected chi connectivity index (χ0v) is 16.2. The maximum absolute atomic E-state index is 13.0. The number of aromatic nitrogens is 2. The predicted octanol–water partition coefficient (Wildman–Crippen LogP) is 2.27. The lowest BCUT2D eigenvalue weighted by Crippen LogP contribution is -2.65. The number of fused-ring (bicyclic) bond motifs is 4. The van der Waals surface area contributed by atoms with Crippen molar-refractivity contribution in [1.82, 2.24) is 25.5 Å². The molecule has 3 N–H and O–H groups in total. The first-order chi connectivity index (χ1) is 13.8. The Bertz CT molecular complexity index is 819. The number of aromatic amines is 1. The van der Waals surface area contributed by atoms with Gasteiger partial charge in [0.25, 0.3) is 5.91 Å². The van der Waals surface area contributed by atoms with Crippen LogP contribution in [0, 0.1) is 11.8 Å². The second kappa shape index (κ2) is 7.68. The number of hydrogen-bond donors (Lipinski definition) is 3. The summed E-state index contributed by atoms with van der Waals surface area (Å²) >= 11 is 0. The van der Waals surface area contributed by atoms with E-state index in [1.54, 1.807) is 6.33 Å². The van der Waals surface area contributed by atoms with E-state index >= 15 is 0 Å². The number of hydrogen-bond acceptors (Lipinski definition) is 4. The molecule has 2 bridgehead atoms. The van der Waals surface area contributed by atoms with Gasteiger partial charge in [0.1, 0.15) is 11.4 Å². The van der Waals surface area contributed by atoms with Crippen molar-refractivity contribution in [2.75, 3.05) is 26.2 Å². The first kappa shape index (κ1) is 17.9. The van der Waals surface area contributed by atoms with Crippen molar-refractivity contribution in [2.24, 2.45) is 11.8 Å². The summed E-state index contributed by atoms with van der Waals surface area (Å²) in [4.78, 5) is 23.1. The highest BCUT2D eigenvalue weighted by molar-refractivity contribution is 5.98. The van der Waals surface area contributed by atoms with Crippen LogP contribution in [-0.2, 0) is 0 Å². The lowest BCUT2D eigenvalue weighted by Gasteiger charge is -2.55. The van der Waals surface area contributed by atoms with E-state index in [-0.39, 0.29) is 5.91 Å². The Morgan fingerprint density at radius 2 is 2.04 bits per heavy atom. The van der Waals surface area contributed by atoms with Gasteiger partial charge in [0.2, 0.25) is 0 Å². The van der Waals surface area contributed by atoms with Crippen LogP contribution in [0.15, 0.2) is 36.7 Å². The van der Waals surface area contributed by atoms with Crippen molar-refractivity contribution >= 4 is 5.91 Å². The Hall–Kier alpha value is -2.18. The highest BCUT2D eigenvalue weighted by Crippen LogP contribution is 2.38. The molecule has 4 heterocycles. The molecule has 3 aliphatic heterocycles. The number of H-pyrrole nitrogens is 1. The van der Waals surface area contributed by atoms with Crippen LogP contribution < -0.4 is 10.6 Å². The Labute approximate surface area is 166 Å². The third-order valence-corrected chi connectivity index (χ3v) is 6.91. The third kappa shape index (κ3) is 3.25. The van der Waals surface area contributed by atoms with E-state index in [0.29, 0.717) is 30.2 Å². The molecule has 0 unspecified atom stereocenters. The van der Waals surface area contributed by atoms with E-state index in [4.69, 9.17) is 0 Å². The van der Waals surface area contributed by atoms with Crippen LogP contribution in [0.3, 0.4) is 0 Å². The molecule has 0 radical (unpaired) electrons. The van der Waals surface area contributed by atoms with Crippen LogP contribution >= 0.6 is 0 Å². The smallest absolute Gasteiger partial charge is 0.270 e. The molecule has 3 aliphatic rings. The van der Waals surface area contributed by atoms with E-state index < -0.39 is 0 Å². The summed E-state index contributed by atoms with van der Waals surface area (Å²) in [6.45, 7) is 4.12. The summed E-state index contributed by atoms with van der Waals surface area (Å²) in [5.74, 6) is 1.35. The van der Waals surface area contributed by atoms with E-state index in [0.717, 1.165) is 30.3 Å². The normalized spacial score (nSPS) is 29.9. The molecule has 0 aliphatic carbocycles. The van der Waals surface area contributed by atoms with Gasteiger partial charge in [-0.05, 0) is 50.7 Å². The van der Waals surface area contributed by atoms with Crippen LogP contribution in [0.25, 0.3) is 11.3 Å². The minimum Gasteiger partial charge on any atom is -0.349 e. The number of carbonyl (C=O) groups excluding carboxylic acids is 1. The first-order valence-corrected chi connectivity index (χ1v) is 10.6. The number of carbonyl (C=O) groups is 1. The lowest BCUT2D eigenvalue weighted by atomic mass is 9.73. The molecule has 5 rings (SSSR count). The Morgan fingerprint density at radius 3 is 2.93 bits per heavy atom. The molecule has 0 saturated carbocycles. The van der Waals surface area contributed by atoms with Gasteiger partial charge in [-0.25, -0.2) is 4.98 Å². The zero-order valence-electron chi connectivity index (χ0n) is 16.2. The second-order valence-electron chi connectivity index (χ2n) is 8.48. The molecule has 148 valence electrons. The van der Waals surface area contributed by atoms with Gasteiger partial charge >= 0.3 is 0 Å². The molecule has 28 heavy (non-hydrogen) atoms. The minimum atomic E-state index is -0.0594. The minimum absolute atomic E-state index is 0.0594. The number of imidazole rings is 1. The van der Waals surface area contributed by atoms with Gasteiger partial charge in [-0.3, -0.25) is 9.69 Å². The van der Waals surface area contributed by atoms with E-state index in [1.165, 1.54) is 32.2 Å². The molecular weight excluding hydrogens is 350 g/mol. The van der Waals surface area contributed by atoms with Crippen molar-refractivity contribution in [1.29, 1.82) is 0 Å². The topological polar surface area (TPSA) is 73.1 Å². The predicted molar refractivity (Wildman–Crippen MR) is 109 cm³/mol. The van der Waals surface area contributed by atoms with Crippen molar-refractivity contribution in [2.45, 2.75) is 37.8 Å². The van der Waals surface area contributed by atoms with Crippen LogP contribution in [0.4, 0.5) is 0 Å². The Morgan fingerprint density at radius 1 is 1.18 bits per heavy atom. The molecule has 2 aromatic rings. The molecule has 1 amide bonds. The molecule has 6 heteroatoms.